The zero-order valence-electron chi connectivity index (χ0n) is 13.0. The predicted molar refractivity (Wildman–Crippen MR) is 76.0 cm³/mol. The van der Waals surface area contributed by atoms with E-state index in [1.165, 1.54) is 0 Å². The van der Waals surface area contributed by atoms with Crippen LogP contribution in [0.2, 0.25) is 0 Å². The van der Waals surface area contributed by atoms with Gasteiger partial charge < -0.3 is 14.7 Å². The van der Waals surface area contributed by atoms with E-state index in [2.05, 4.69) is 6.92 Å². The summed E-state index contributed by atoms with van der Waals surface area (Å²) in [6.45, 7) is 10.4. The van der Waals surface area contributed by atoms with Crippen LogP contribution in [0.3, 0.4) is 0 Å². The largest absolute Gasteiger partial charge is 0.444 e. The van der Waals surface area contributed by atoms with Gasteiger partial charge in [-0.25, -0.2) is 4.79 Å². The second kappa shape index (κ2) is 6.60. The van der Waals surface area contributed by atoms with Gasteiger partial charge in [-0.3, -0.25) is 0 Å². The zero-order valence-corrected chi connectivity index (χ0v) is 13.0. The van der Waals surface area contributed by atoms with Crippen LogP contribution in [-0.4, -0.2) is 40.4 Å². The van der Waals surface area contributed by atoms with Crippen molar-refractivity contribution in [2.24, 2.45) is 5.92 Å². The second-order valence-corrected chi connectivity index (χ2v) is 6.71. The number of hydrogen-bond acceptors (Lipinski definition) is 3. The van der Waals surface area contributed by atoms with Crippen molar-refractivity contribution in [1.82, 2.24) is 4.90 Å². The maximum atomic E-state index is 12.2. The van der Waals surface area contributed by atoms with Crippen LogP contribution in [0, 0.1) is 5.92 Å². The van der Waals surface area contributed by atoms with Gasteiger partial charge in [-0.2, -0.15) is 0 Å². The van der Waals surface area contributed by atoms with E-state index in [0.717, 1.165) is 25.8 Å². The highest BCUT2D eigenvalue weighted by Crippen LogP contribution is 2.29. The molecule has 3 unspecified atom stereocenters. The molecule has 1 heterocycles. The fraction of sp³-hybridized carbons (Fsp3) is 0.933. The van der Waals surface area contributed by atoms with Crippen molar-refractivity contribution in [3.8, 4) is 0 Å². The Labute approximate surface area is 117 Å². The number of ether oxygens (including phenoxy) is 1. The lowest BCUT2D eigenvalue weighted by molar-refractivity contribution is -0.00279. The third-order valence-electron chi connectivity index (χ3n) is 3.64. The molecule has 1 aliphatic rings. The van der Waals surface area contributed by atoms with Gasteiger partial charge in [-0.1, -0.05) is 13.3 Å². The Morgan fingerprint density at radius 1 is 1.47 bits per heavy atom. The highest BCUT2D eigenvalue weighted by Gasteiger charge is 2.34. The molecule has 1 amide bonds. The summed E-state index contributed by atoms with van der Waals surface area (Å²) in [6.07, 6.45) is 3.15. The number of amides is 1. The van der Waals surface area contributed by atoms with E-state index >= 15 is 0 Å². The molecule has 1 N–H and O–H groups in total. The first kappa shape index (κ1) is 16.3. The van der Waals surface area contributed by atoms with Gasteiger partial charge in [0.2, 0.25) is 0 Å². The van der Waals surface area contributed by atoms with Gasteiger partial charge in [0, 0.05) is 12.6 Å². The van der Waals surface area contributed by atoms with E-state index in [1.54, 1.807) is 6.92 Å². The van der Waals surface area contributed by atoms with Gasteiger partial charge in [0.05, 0.1) is 6.10 Å². The molecule has 0 radical (unpaired) electrons. The SMILES string of the molecule is CCC1CCN(C(=O)OC(C)(C)C)C(CC(C)O)C1. The monoisotopic (exact) mass is 271 g/mol. The van der Waals surface area contributed by atoms with Crippen molar-refractivity contribution < 1.29 is 14.6 Å². The van der Waals surface area contributed by atoms with Crippen LogP contribution >= 0.6 is 0 Å². The summed E-state index contributed by atoms with van der Waals surface area (Å²) in [5.74, 6) is 0.655. The summed E-state index contributed by atoms with van der Waals surface area (Å²) < 4.78 is 5.46. The zero-order chi connectivity index (χ0) is 14.6. The van der Waals surface area contributed by atoms with Crippen LogP contribution < -0.4 is 0 Å². The van der Waals surface area contributed by atoms with Gasteiger partial charge in [0.25, 0.3) is 0 Å². The van der Waals surface area contributed by atoms with Crippen LogP contribution in [0.5, 0.6) is 0 Å². The van der Waals surface area contributed by atoms with E-state index in [1.807, 2.05) is 25.7 Å². The molecule has 0 saturated carbocycles. The van der Waals surface area contributed by atoms with Gasteiger partial charge in [-0.15, -0.1) is 0 Å². The number of rotatable bonds is 3. The van der Waals surface area contributed by atoms with Gasteiger partial charge in [-0.05, 0) is 52.9 Å². The maximum absolute atomic E-state index is 12.2. The summed E-state index contributed by atoms with van der Waals surface area (Å²) in [7, 11) is 0. The summed E-state index contributed by atoms with van der Waals surface area (Å²) in [6, 6.07) is 0.105. The minimum absolute atomic E-state index is 0.105. The Morgan fingerprint density at radius 3 is 2.58 bits per heavy atom. The van der Waals surface area contributed by atoms with E-state index < -0.39 is 5.60 Å². The second-order valence-electron chi connectivity index (χ2n) is 6.71. The molecule has 1 aliphatic heterocycles. The lowest BCUT2D eigenvalue weighted by Crippen LogP contribution is -2.49. The molecule has 3 atom stereocenters. The first-order valence-electron chi connectivity index (χ1n) is 7.40. The molecule has 0 aromatic heterocycles. The summed E-state index contributed by atoms with van der Waals surface area (Å²) >= 11 is 0. The molecule has 112 valence electrons. The Kier molecular flexibility index (Phi) is 5.65. The molecule has 1 rings (SSSR count). The molecule has 0 aromatic carbocycles. The third-order valence-corrected chi connectivity index (χ3v) is 3.64. The van der Waals surface area contributed by atoms with Crippen molar-refractivity contribution >= 4 is 6.09 Å². The molecular formula is C15H29NO3. The molecule has 0 bridgehead atoms. The Hall–Kier alpha value is -0.770. The van der Waals surface area contributed by atoms with Crippen LogP contribution in [-0.2, 0) is 4.74 Å². The molecule has 0 aliphatic carbocycles. The number of carbonyl (C=O) groups is 1. The normalized spacial score (nSPS) is 26.1. The molecule has 4 nitrogen and oxygen atoms in total. The number of aliphatic hydroxyl groups excluding tert-OH is 1. The third kappa shape index (κ3) is 5.39. The smallest absolute Gasteiger partial charge is 0.410 e. The van der Waals surface area contributed by atoms with Crippen molar-refractivity contribution in [2.75, 3.05) is 6.54 Å². The van der Waals surface area contributed by atoms with Gasteiger partial charge >= 0.3 is 6.09 Å². The molecule has 0 spiro atoms. The number of carbonyl (C=O) groups excluding carboxylic acids is 1. The molecule has 0 aromatic rings. The first-order chi connectivity index (χ1) is 8.73. The fourth-order valence-corrected chi connectivity index (χ4v) is 2.68. The van der Waals surface area contributed by atoms with Crippen LogP contribution in [0.15, 0.2) is 0 Å². The van der Waals surface area contributed by atoms with Crippen molar-refractivity contribution in [3.63, 3.8) is 0 Å². The lowest BCUT2D eigenvalue weighted by atomic mass is 9.87. The van der Waals surface area contributed by atoms with Crippen LogP contribution in [0.4, 0.5) is 4.79 Å². The Bertz CT molecular complexity index is 296. The quantitative estimate of drug-likeness (QED) is 0.857. The number of piperidine rings is 1. The standard InChI is InChI=1S/C15H29NO3/c1-6-12-7-8-16(13(10-12)9-11(2)17)14(18)19-15(3,4)5/h11-13,17H,6-10H2,1-5H3. The minimum Gasteiger partial charge on any atom is -0.444 e. The lowest BCUT2D eigenvalue weighted by Gasteiger charge is -2.40. The molecule has 4 heteroatoms. The fourth-order valence-electron chi connectivity index (χ4n) is 2.68. The molecule has 1 saturated heterocycles. The molecule has 1 fully saturated rings. The van der Waals surface area contributed by atoms with Crippen molar-refractivity contribution in [3.05, 3.63) is 0 Å². The van der Waals surface area contributed by atoms with E-state index in [-0.39, 0.29) is 18.2 Å². The predicted octanol–water partition coefficient (Wildman–Crippen LogP) is 3.18. The number of aliphatic hydroxyl groups is 1. The van der Waals surface area contributed by atoms with E-state index in [0.29, 0.717) is 12.3 Å². The Morgan fingerprint density at radius 2 is 2.11 bits per heavy atom. The minimum atomic E-state index is -0.464. The van der Waals surface area contributed by atoms with Gasteiger partial charge in [0.15, 0.2) is 0 Å². The van der Waals surface area contributed by atoms with E-state index in [4.69, 9.17) is 4.74 Å². The molecule has 19 heavy (non-hydrogen) atoms. The van der Waals surface area contributed by atoms with Crippen LogP contribution in [0.25, 0.3) is 0 Å². The first-order valence-corrected chi connectivity index (χ1v) is 7.40. The maximum Gasteiger partial charge on any atom is 0.410 e. The molecular weight excluding hydrogens is 242 g/mol. The summed E-state index contributed by atoms with van der Waals surface area (Å²) in [4.78, 5) is 14.0. The van der Waals surface area contributed by atoms with Gasteiger partial charge in [0.1, 0.15) is 5.60 Å². The summed E-state index contributed by atoms with van der Waals surface area (Å²) in [5, 5.41) is 9.62. The van der Waals surface area contributed by atoms with Crippen LogP contribution in [0.1, 0.15) is 60.3 Å². The summed E-state index contributed by atoms with van der Waals surface area (Å²) in [5.41, 5.74) is -0.464. The van der Waals surface area contributed by atoms with Crippen molar-refractivity contribution in [1.29, 1.82) is 0 Å². The Balaban J connectivity index is 2.70. The average molecular weight is 271 g/mol. The van der Waals surface area contributed by atoms with Crippen molar-refractivity contribution in [2.45, 2.75) is 78.0 Å². The number of nitrogens with zero attached hydrogens (tertiary/aromatic N) is 1. The van der Waals surface area contributed by atoms with E-state index in [9.17, 15) is 9.90 Å². The highest BCUT2D eigenvalue weighted by atomic mass is 16.6. The number of hydrogen-bond donors (Lipinski definition) is 1. The number of likely N-dealkylation sites (tertiary alicyclic amines) is 1. The average Bonchev–Trinajstić information content (AvgIpc) is 2.25. The highest BCUT2D eigenvalue weighted by molar-refractivity contribution is 5.68. The topological polar surface area (TPSA) is 49.8 Å².